The van der Waals surface area contributed by atoms with Crippen LogP contribution in [0.15, 0.2) is 24.3 Å². The summed E-state index contributed by atoms with van der Waals surface area (Å²) in [5, 5.41) is 3.07. The van der Waals surface area contributed by atoms with E-state index < -0.39 is 5.82 Å². The SMILES string of the molecule is CS[C@H]1CCC[C@H]1N(C)C(=O)CNC(=O)c1ccc(F)cc1. The Bertz CT molecular complexity index is 535. The van der Waals surface area contributed by atoms with Gasteiger partial charge in [0.25, 0.3) is 5.91 Å². The molecule has 22 heavy (non-hydrogen) atoms. The Hall–Kier alpha value is -1.56. The number of carbonyl (C=O) groups excluding carboxylic acids is 2. The van der Waals surface area contributed by atoms with Crippen LogP contribution >= 0.6 is 11.8 Å². The van der Waals surface area contributed by atoms with Gasteiger partial charge in [0.2, 0.25) is 5.91 Å². The van der Waals surface area contributed by atoms with Gasteiger partial charge in [0.05, 0.1) is 6.54 Å². The molecule has 2 amide bonds. The van der Waals surface area contributed by atoms with Crippen LogP contribution in [0.4, 0.5) is 4.39 Å². The van der Waals surface area contributed by atoms with E-state index in [-0.39, 0.29) is 24.4 Å². The second kappa shape index (κ2) is 7.63. The second-order valence-corrected chi connectivity index (χ2v) is 6.54. The molecule has 2 rings (SSSR count). The van der Waals surface area contributed by atoms with Crippen LogP contribution in [0.25, 0.3) is 0 Å². The first-order chi connectivity index (χ1) is 10.5. The molecule has 0 bridgehead atoms. The molecule has 1 N–H and O–H groups in total. The van der Waals surface area contributed by atoms with Gasteiger partial charge in [-0.15, -0.1) is 0 Å². The van der Waals surface area contributed by atoms with Crippen LogP contribution in [0.1, 0.15) is 29.6 Å². The molecule has 2 atom stereocenters. The first-order valence-electron chi connectivity index (χ1n) is 7.35. The number of hydrogen-bond acceptors (Lipinski definition) is 3. The first-order valence-corrected chi connectivity index (χ1v) is 8.64. The molecule has 4 nitrogen and oxygen atoms in total. The van der Waals surface area contributed by atoms with Crippen molar-refractivity contribution < 1.29 is 14.0 Å². The van der Waals surface area contributed by atoms with Gasteiger partial charge < -0.3 is 10.2 Å². The monoisotopic (exact) mass is 324 g/mol. The number of benzene rings is 1. The van der Waals surface area contributed by atoms with Gasteiger partial charge in [0.15, 0.2) is 0 Å². The topological polar surface area (TPSA) is 49.4 Å². The fourth-order valence-electron chi connectivity index (χ4n) is 2.79. The van der Waals surface area contributed by atoms with E-state index in [0.717, 1.165) is 19.3 Å². The number of nitrogens with zero attached hydrogens (tertiary/aromatic N) is 1. The molecule has 0 heterocycles. The van der Waals surface area contributed by atoms with E-state index in [1.165, 1.54) is 24.3 Å². The Balaban J connectivity index is 1.86. The molecule has 1 aliphatic rings. The van der Waals surface area contributed by atoms with Crippen molar-refractivity contribution in [3.63, 3.8) is 0 Å². The van der Waals surface area contributed by atoms with E-state index >= 15 is 0 Å². The van der Waals surface area contributed by atoms with Crippen molar-refractivity contribution >= 4 is 23.6 Å². The van der Waals surface area contributed by atoms with Crippen LogP contribution in [0.3, 0.4) is 0 Å². The van der Waals surface area contributed by atoms with Crippen molar-refractivity contribution in [2.24, 2.45) is 0 Å². The summed E-state index contributed by atoms with van der Waals surface area (Å²) < 4.78 is 12.8. The van der Waals surface area contributed by atoms with E-state index in [0.29, 0.717) is 10.8 Å². The Morgan fingerprint density at radius 3 is 2.64 bits per heavy atom. The summed E-state index contributed by atoms with van der Waals surface area (Å²) in [7, 11) is 1.80. The second-order valence-electron chi connectivity index (χ2n) is 5.47. The summed E-state index contributed by atoms with van der Waals surface area (Å²) in [5.41, 5.74) is 0.347. The van der Waals surface area contributed by atoms with E-state index in [2.05, 4.69) is 11.6 Å². The normalized spacial score (nSPS) is 20.7. The number of likely N-dealkylation sites (N-methyl/N-ethyl adjacent to an activating group) is 1. The minimum atomic E-state index is -0.392. The zero-order valence-corrected chi connectivity index (χ0v) is 13.7. The molecule has 0 aromatic heterocycles. The summed E-state index contributed by atoms with van der Waals surface area (Å²) in [6.07, 6.45) is 5.35. The highest BCUT2D eigenvalue weighted by Crippen LogP contribution is 2.31. The maximum atomic E-state index is 12.8. The van der Waals surface area contributed by atoms with E-state index in [4.69, 9.17) is 0 Å². The number of rotatable bonds is 5. The predicted octanol–water partition coefficient (Wildman–Crippen LogP) is 2.30. The maximum absolute atomic E-state index is 12.8. The van der Waals surface area contributed by atoms with Crippen molar-refractivity contribution in [1.82, 2.24) is 10.2 Å². The zero-order valence-electron chi connectivity index (χ0n) is 12.8. The third-order valence-corrected chi connectivity index (χ3v) is 5.27. The minimum Gasteiger partial charge on any atom is -0.343 e. The predicted molar refractivity (Wildman–Crippen MR) is 86.4 cm³/mol. The summed E-state index contributed by atoms with van der Waals surface area (Å²) in [6.45, 7) is -0.0374. The number of carbonyl (C=O) groups is 2. The standard InChI is InChI=1S/C16H21FN2O2S/c1-19(13-4-3-5-14(13)22-2)15(20)10-18-16(21)11-6-8-12(17)9-7-11/h6-9,13-14H,3-5,10H2,1-2H3,(H,18,21)/t13-,14+/m1/s1. The molecule has 1 aromatic carbocycles. The van der Waals surface area contributed by atoms with Gasteiger partial charge in [-0.2, -0.15) is 11.8 Å². The number of nitrogens with one attached hydrogen (secondary N) is 1. The molecule has 0 spiro atoms. The van der Waals surface area contributed by atoms with Crippen molar-refractivity contribution in [1.29, 1.82) is 0 Å². The summed E-state index contributed by atoms with van der Waals surface area (Å²) in [4.78, 5) is 25.9. The Morgan fingerprint density at radius 1 is 1.32 bits per heavy atom. The van der Waals surface area contributed by atoms with Crippen LogP contribution in [0.5, 0.6) is 0 Å². The van der Waals surface area contributed by atoms with Crippen molar-refractivity contribution in [3.05, 3.63) is 35.6 Å². The quantitative estimate of drug-likeness (QED) is 0.904. The Labute approximate surface area is 134 Å². The Kier molecular flexibility index (Phi) is 5.83. The molecule has 0 unspecified atom stereocenters. The molecule has 0 saturated heterocycles. The summed E-state index contributed by atoms with van der Waals surface area (Å²) in [5.74, 6) is -0.854. The van der Waals surface area contributed by atoms with Gasteiger partial charge in [-0.05, 0) is 43.4 Å². The lowest BCUT2D eigenvalue weighted by Crippen LogP contribution is -2.45. The largest absolute Gasteiger partial charge is 0.343 e. The molecular formula is C16H21FN2O2S. The molecule has 0 aliphatic heterocycles. The van der Waals surface area contributed by atoms with Gasteiger partial charge in [0.1, 0.15) is 5.82 Å². The molecule has 1 saturated carbocycles. The Morgan fingerprint density at radius 2 is 2.00 bits per heavy atom. The first kappa shape index (κ1) is 16.8. The van der Waals surface area contributed by atoms with Crippen LogP contribution in [-0.2, 0) is 4.79 Å². The van der Waals surface area contributed by atoms with Gasteiger partial charge >= 0.3 is 0 Å². The van der Waals surface area contributed by atoms with Gasteiger partial charge in [-0.25, -0.2) is 4.39 Å². The third kappa shape index (κ3) is 4.00. The maximum Gasteiger partial charge on any atom is 0.251 e. The van der Waals surface area contributed by atoms with Gasteiger partial charge in [-0.3, -0.25) is 9.59 Å². The zero-order chi connectivity index (χ0) is 16.1. The van der Waals surface area contributed by atoms with Crippen LogP contribution in [0, 0.1) is 5.82 Å². The van der Waals surface area contributed by atoms with Crippen LogP contribution in [-0.4, -0.2) is 47.9 Å². The molecule has 1 fully saturated rings. The number of amides is 2. The summed E-state index contributed by atoms with van der Waals surface area (Å²) in [6, 6.07) is 5.50. The smallest absolute Gasteiger partial charge is 0.251 e. The highest BCUT2D eigenvalue weighted by atomic mass is 32.2. The lowest BCUT2D eigenvalue weighted by molar-refractivity contribution is -0.130. The lowest BCUT2D eigenvalue weighted by atomic mass is 10.2. The van der Waals surface area contributed by atoms with E-state index in [1.807, 2.05) is 0 Å². The van der Waals surface area contributed by atoms with Crippen molar-refractivity contribution in [2.45, 2.75) is 30.6 Å². The van der Waals surface area contributed by atoms with Gasteiger partial charge in [-0.1, -0.05) is 6.42 Å². The van der Waals surface area contributed by atoms with E-state index in [9.17, 15) is 14.0 Å². The number of thioether (sulfide) groups is 1. The molecule has 1 aliphatic carbocycles. The molecule has 1 aromatic rings. The highest BCUT2D eigenvalue weighted by molar-refractivity contribution is 7.99. The molecule has 120 valence electrons. The fraction of sp³-hybridized carbons (Fsp3) is 0.500. The summed E-state index contributed by atoms with van der Waals surface area (Å²) >= 11 is 1.79. The molecule has 6 heteroatoms. The molecule has 0 radical (unpaired) electrons. The van der Waals surface area contributed by atoms with Crippen molar-refractivity contribution in [2.75, 3.05) is 19.8 Å². The average molecular weight is 324 g/mol. The number of halogens is 1. The lowest BCUT2D eigenvalue weighted by Gasteiger charge is -2.29. The van der Waals surface area contributed by atoms with Crippen LogP contribution < -0.4 is 5.32 Å². The minimum absolute atomic E-state index is 0.0374. The van der Waals surface area contributed by atoms with Gasteiger partial charge in [0, 0.05) is 23.9 Å². The number of hydrogen-bond donors (Lipinski definition) is 1. The van der Waals surface area contributed by atoms with E-state index in [1.54, 1.807) is 23.7 Å². The fourth-order valence-corrected chi connectivity index (χ4v) is 3.83. The third-order valence-electron chi connectivity index (χ3n) is 4.12. The van der Waals surface area contributed by atoms with Crippen molar-refractivity contribution in [3.8, 4) is 0 Å². The average Bonchev–Trinajstić information content (AvgIpc) is 3.00. The highest BCUT2D eigenvalue weighted by Gasteiger charge is 2.31. The van der Waals surface area contributed by atoms with Crippen LogP contribution in [0.2, 0.25) is 0 Å². The molecular weight excluding hydrogens is 303 g/mol.